The summed E-state index contributed by atoms with van der Waals surface area (Å²) in [6.45, 7) is 5.94. The molecule has 6 heteroatoms. The molecule has 2 fully saturated rings. The highest BCUT2D eigenvalue weighted by Gasteiger charge is 2.36. The summed E-state index contributed by atoms with van der Waals surface area (Å²) in [7, 11) is 0. The van der Waals surface area contributed by atoms with Gasteiger partial charge in [-0.3, -0.25) is 9.59 Å². The third-order valence-corrected chi connectivity index (χ3v) is 4.26. The van der Waals surface area contributed by atoms with Crippen LogP contribution in [0.1, 0.15) is 13.8 Å². The topological polar surface area (TPSA) is 52.7 Å². The van der Waals surface area contributed by atoms with E-state index < -0.39 is 0 Å². The zero-order chi connectivity index (χ0) is 12.4. The van der Waals surface area contributed by atoms with Gasteiger partial charge in [-0.1, -0.05) is 0 Å². The number of carbonyl (C=O) groups excluding carboxylic acids is 2. The van der Waals surface area contributed by atoms with Gasteiger partial charge in [0.25, 0.3) is 0 Å². The molecular weight excluding hydrogens is 238 g/mol. The maximum absolute atomic E-state index is 12.4. The first-order valence-corrected chi connectivity index (χ1v) is 7.12. The van der Waals surface area contributed by atoms with Gasteiger partial charge < -0.3 is 15.1 Å². The molecule has 2 amide bonds. The second-order valence-electron chi connectivity index (χ2n) is 4.64. The second kappa shape index (κ2) is 5.27. The van der Waals surface area contributed by atoms with Crippen LogP contribution >= 0.6 is 11.8 Å². The van der Waals surface area contributed by atoms with E-state index in [4.69, 9.17) is 0 Å². The van der Waals surface area contributed by atoms with Gasteiger partial charge in [0.1, 0.15) is 6.04 Å². The molecule has 2 saturated heterocycles. The monoisotopic (exact) mass is 257 g/mol. The third kappa shape index (κ3) is 2.74. The minimum absolute atomic E-state index is 0.00321. The molecule has 17 heavy (non-hydrogen) atoms. The number of nitrogens with one attached hydrogen (secondary N) is 1. The van der Waals surface area contributed by atoms with E-state index >= 15 is 0 Å². The normalized spacial score (nSPS) is 29.5. The molecule has 2 atom stereocenters. The second-order valence-corrected chi connectivity index (χ2v) is 5.64. The number of hydrogen-bond donors (Lipinski definition) is 1. The van der Waals surface area contributed by atoms with E-state index in [1.165, 1.54) is 6.92 Å². The van der Waals surface area contributed by atoms with Crippen molar-refractivity contribution in [3.8, 4) is 0 Å². The van der Waals surface area contributed by atoms with Crippen LogP contribution in [-0.4, -0.2) is 65.0 Å². The number of piperazine rings is 1. The van der Waals surface area contributed by atoms with Crippen molar-refractivity contribution in [1.82, 2.24) is 15.1 Å². The van der Waals surface area contributed by atoms with E-state index in [9.17, 15) is 9.59 Å². The van der Waals surface area contributed by atoms with Crippen LogP contribution in [0.25, 0.3) is 0 Å². The molecule has 1 N–H and O–H groups in total. The van der Waals surface area contributed by atoms with Crippen molar-refractivity contribution in [3.05, 3.63) is 0 Å². The first-order valence-electron chi connectivity index (χ1n) is 5.96. The minimum atomic E-state index is -0.247. The molecule has 0 aromatic rings. The first kappa shape index (κ1) is 12.7. The Balaban J connectivity index is 2.01. The fourth-order valence-electron chi connectivity index (χ4n) is 2.30. The Labute approximate surface area is 106 Å². The molecule has 0 aromatic carbocycles. The highest BCUT2D eigenvalue weighted by Crippen LogP contribution is 2.22. The predicted molar refractivity (Wildman–Crippen MR) is 67.7 cm³/mol. The van der Waals surface area contributed by atoms with Crippen LogP contribution < -0.4 is 5.32 Å². The van der Waals surface area contributed by atoms with Gasteiger partial charge in [-0.2, -0.15) is 0 Å². The van der Waals surface area contributed by atoms with Crippen LogP contribution in [-0.2, 0) is 9.59 Å². The van der Waals surface area contributed by atoms with Crippen LogP contribution in [0, 0.1) is 0 Å². The molecule has 2 rings (SSSR count). The molecule has 2 heterocycles. The molecule has 0 spiro atoms. The Hall–Kier alpha value is -0.750. The summed E-state index contributed by atoms with van der Waals surface area (Å²) in [5.74, 6) is 1.49. The van der Waals surface area contributed by atoms with E-state index in [-0.39, 0.29) is 17.9 Å². The van der Waals surface area contributed by atoms with Crippen LogP contribution in [0.3, 0.4) is 0 Å². The average Bonchev–Trinajstić information content (AvgIpc) is 2.77. The highest BCUT2D eigenvalue weighted by molar-refractivity contribution is 7.99. The smallest absolute Gasteiger partial charge is 0.246 e. The minimum Gasteiger partial charge on any atom is -0.338 e. The fraction of sp³-hybridized carbons (Fsp3) is 0.818. The number of nitrogens with zero attached hydrogens (tertiary/aromatic N) is 2. The van der Waals surface area contributed by atoms with Gasteiger partial charge in [0.05, 0.1) is 5.88 Å². The van der Waals surface area contributed by atoms with Gasteiger partial charge in [-0.25, -0.2) is 0 Å². The number of rotatable bonds is 1. The van der Waals surface area contributed by atoms with Crippen LogP contribution in [0.15, 0.2) is 0 Å². The van der Waals surface area contributed by atoms with E-state index in [0.717, 1.165) is 25.4 Å². The fourth-order valence-corrected chi connectivity index (χ4v) is 3.51. The molecule has 0 radical (unpaired) electrons. The standard InChI is InChI=1S/C11H19N3O2S/c1-8-5-13(4-3-12-8)11(16)10-6-17-7-14(10)9(2)15/h8,10,12H,3-7H2,1-2H3/t8-,10-/m1/s1. The lowest BCUT2D eigenvalue weighted by Gasteiger charge is -2.35. The molecular formula is C11H19N3O2S. The van der Waals surface area contributed by atoms with Gasteiger partial charge in [0, 0.05) is 38.4 Å². The van der Waals surface area contributed by atoms with E-state index in [1.807, 2.05) is 4.90 Å². The summed E-state index contributed by atoms with van der Waals surface area (Å²) >= 11 is 1.65. The maximum Gasteiger partial charge on any atom is 0.246 e. The highest BCUT2D eigenvalue weighted by atomic mass is 32.2. The van der Waals surface area contributed by atoms with Crippen molar-refractivity contribution in [1.29, 1.82) is 0 Å². The predicted octanol–water partition coefficient (Wildman–Crippen LogP) is -0.272. The number of hydrogen-bond acceptors (Lipinski definition) is 4. The van der Waals surface area contributed by atoms with Gasteiger partial charge in [0.2, 0.25) is 11.8 Å². The third-order valence-electron chi connectivity index (χ3n) is 3.25. The van der Waals surface area contributed by atoms with Crippen molar-refractivity contribution in [2.75, 3.05) is 31.3 Å². The van der Waals surface area contributed by atoms with Crippen molar-refractivity contribution < 1.29 is 9.59 Å². The molecule has 96 valence electrons. The van der Waals surface area contributed by atoms with Crippen LogP contribution in [0.5, 0.6) is 0 Å². The Morgan fingerprint density at radius 1 is 1.41 bits per heavy atom. The zero-order valence-electron chi connectivity index (χ0n) is 10.3. The van der Waals surface area contributed by atoms with E-state index in [2.05, 4.69) is 12.2 Å². The quantitative estimate of drug-likeness (QED) is 0.702. The van der Waals surface area contributed by atoms with Crippen LogP contribution in [0.4, 0.5) is 0 Å². The summed E-state index contributed by atoms with van der Waals surface area (Å²) in [5, 5.41) is 3.31. The lowest BCUT2D eigenvalue weighted by molar-refractivity contribution is -0.143. The largest absolute Gasteiger partial charge is 0.338 e. The molecule has 2 aliphatic heterocycles. The maximum atomic E-state index is 12.4. The molecule has 0 unspecified atom stereocenters. The van der Waals surface area contributed by atoms with Crippen molar-refractivity contribution in [3.63, 3.8) is 0 Å². The number of amides is 2. The lowest BCUT2D eigenvalue weighted by Crippen LogP contribution is -2.56. The Morgan fingerprint density at radius 3 is 2.82 bits per heavy atom. The van der Waals surface area contributed by atoms with Gasteiger partial charge in [-0.05, 0) is 6.92 Å². The Morgan fingerprint density at radius 2 is 2.18 bits per heavy atom. The molecule has 0 bridgehead atoms. The van der Waals surface area contributed by atoms with Crippen LogP contribution in [0.2, 0.25) is 0 Å². The summed E-state index contributed by atoms with van der Waals surface area (Å²) in [6.07, 6.45) is 0. The summed E-state index contributed by atoms with van der Waals surface area (Å²) < 4.78 is 0. The van der Waals surface area contributed by atoms with E-state index in [1.54, 1.807) is 16.7 Å². The molecule has 0 aliphatic carbocycles. The number of carbonyl (C=O) groups is 2. The molecule has 0 saturated carbocycles. The lowest BCUT2D eigenvalue weighted by atomic mass is 10.2. The van der Waals surface area contributed by atoms with Crippen molar-refractivity contribution >= 4 is 23.6 Å². The zero-order valence-corrected chi connectivity index (χ0v) is 11.1. The molecule has 5 nitrogen and oxygen atoms in total. The first-order chi connectivity index (χ1) is 8.09. The summed E-state index contributed by atoms with van der Waals surface area (Å²) in [5.41, 5.74) is 0. The Bertz CT molecular complexity index is 324. The van der Waals surface area contributed by atoms with E-state index in [0.29, 0.717) is 11.9 Å². The number of thioether (sulfide) groups is 1. The molecule has 2 aliphatic rings. The molecule has 0 aromatic heterocycles. The SMILES string of the molecule is CC(=O)N1CSC[C@@H]1C(=O)N1CCN[C@H](C)C1. The summed E-state index contributed by atoms with van der Waals surface area (Å²) in [4.78, 5) is 27.4. The van der Waals surface area contributed by atoms with Gasteiger partial charge in [0.15, 0.2) is 0 Å². The van der Waals surface area contributed by atoms with Gasteiger partial charge >= 0.3 is 0 Å². The van der Waals surface area contributed by atoms with Crippen molar-refractivity contribution in [2.45, 2.75) is 25.9 Å². The average molecular weight is 257 g/mol. The Kier molecular flexibility index (Phi) is 3.93. The van der Waals surface area contributed by atoms with Crippen molar-refractivity contribution in [2.24, 2.45) is 0 Å². The summed E-state index contributed by atoms with van der Waals surface area (Å²) in [6, 6.07) is 0.0929. The van der Waals surface area contributed by atoms with Gasteiger partial charge in [-0.15, -0.1) is 11.8 Å².